The van der Waals surface area contributed by atoms with Gasteiger partial charge in [0.1, 0.15) is 12.4 Å². The summed E-state index contributed by atoms with van der Waals surface area (Å²) in [5.74, 6) is 0.695. The molecule has 1 fully saturated rings. The summed E-state index contributed by atoms with van der Waals surface area (Å²) in [5.41, 5.74) is 6.27. The van der Waals surface area contributed by atoms with Crippen LogP contribution in [0.3, 0.4) is 0 Å². The summed E-state index contributed by atoms with van der Waals surface area (Å²) in [5, 5.41) is 0. The van der Waals surface area contributed by atoms with Gasteiger partial charge in [0.05, 0.1) is 4.90 Å². The standard InChI is InChI=1S/C16H26N2O3S/c1-16(2)12-18(9-8-15(16)17)10-11-21-13-4-6-14(7-5-13)22(3,19)20/h4-7,15H,8-12,17H2,1-3H3. The number of nitrogens with zero attached hydrogens (tertiary/aromatic N) is 1. The summed E-state index contributed by atoms with van der Waals surface area (Å²) in [7, 11) is -3.15. The summed E-state index contributed by atoms with van der Waals surface area (Å²) >= 11 is 0. The minimum atomic E-state index is -3.15. The summed E-state index contributed by atoms with van der Waals surface area (Å²) in [6.45, 7) is 7.82. The number of likely N-dealkylation sites (tertiary alicyclic amines) is 1. The molecule has 1 saturated heterocycles. The molecule has 1 atom stereocenters. The van der Waals surface area contributed by atoms with Gasteiger partial charge in [-0.3, -0.25) is 4.90 Å². The SMILES string of the molecule is CC1(C)CN(CCOc2ccc(S(C)(=O)=O)cc2)CCC1N. The van der Waals surface area contributed by atoms with Crippen LogP contribution in [0, 0.1) is 5.41 Å². The molecule has 0 saturated carbocycles. The molecule has 1 aromatic carbocycles. The van der Waals surface area contributed by atoms with Crippen LogP contribution in [0.15, 0.2) is 29.2 Å². The maximum absolute atomic E-state index is 11.4. The van der Waals surface area contributed by atoms with Gasteiger partial charge in [-0.15, -0.1) is 0 Å². The van der Waals surface area contributed by atoms with Gasteiger partial charge in [-0.1, -0.05) is 13.8 Å². The summed E-state index contributed by atoms with van der Waals surface area (Å²) in [6.07, 6.45) is 2.21. The van der Waals surface area contributed by atoms with E-state index in [1.165, 1.54) is 6.26 Å². The Morgan fingerprint density at radius 2 is 1.95 bits per heavy atom. The second-order valence-electron chi connectivity index (χ2n) is 6.75. The van der Waals surface area contributed by atoms with E-state index in [4.69, 9.17) is 10.5 Å². The molecule has 124 valence electrons. The van der Waals surface area contributed by atoms with Crippen molar-refractivity contribution in [1.29, 1.82) is 0 Å². The fraction of sp³-hybridized carbons (Fsp3) is 0.625. The number of hydrogen-bond donors (Lipinski definition) is 1. The Morgan fingerprint density at radius 1 is 1.32 bits per heavy atom. The molecule has 2 N–H and O–H groups in total. The van der Waals surface area contributed by atoms with E-state index in [0.717, 1.165) is 26.1 Å². The zero-order valence-corrected chi connectivity index (χ0v) is 14.4. The van der Waals surface area contributed by atoms with Crippen LogP contribution in [0.25, 0.3) is 0 Å². The van der Waals surface area contributed by atoms with Crippen molar-refractivity contribution < 1.29 is 13.2 Å². The number of ether oxygens (including phenoxy) is 1. The molecule has 0 spiro atoms. The Hall–Kier alpha value is -1.11. The van der Waals surface area contributed by atoms with Crippen LogP contribution in [0.5, 0.6) is 5.75 Å². The van der Waals surface area contributed by atoms with Crippen LogP contribution in [-0.2, 0) is 9.84 Å². The third-order valence-corrected chi connectivity index (χ3v) is 5.45. The molecule has 1 aromatic rings. The lowest BCUT2D eigenvalue weighted by atomic mass is 9.80. The van der Waals surface area contributed by atoms with Gasteiger partial charge in [-0.05, 0) is 42.6 Å². The quantitative estimate of drug-likeness (QED) is 0.888. The van der Waals surface area contributed by atoms with Gasteiger partial charge in [0.25, 0.3) is 0 Å². The maximum Gasteiger partial charge on any atom is 0.175 e. The van der Waals surface area contributed by atoms with E-state index in [-0.39, 0.29) is 11.5 Å². The molecular formula is C16H26N2O3S. The Bertz CT molecular complexity index is 596. The number of benzene rings is 1. The largest absolute Gasteiger partial charge is 0.492 e. The van der Waals surface area contributed by atoms with E-state index < -0.39 is 9.84 Å². The topological polar surface area (TPSA) is 72.6 Å². The zero-order chi connectivity index (χ0) is 16.4. The maximum atomic E-state index is 11.4. The number of nitrogens with two attached hydrogens (primary N) is 1. The van der Waals surface area contributed by atoms with E-state index in [0.29, 0.717) is 17.3 Å². The molecule has 1 heterocycles. The number of piperidine rings is 1. The Kier molecular flexibility index (Phi) is 5.14. The zero-order valence-electron chi connectivity index (χ0n) is 13.6. The average molecular weight is 326 g/mol. The Balaban J connectivity index is 1.82. The number of sulfone groups is 1. The van der Waals surface area contributed by atoms with Gasteiger partial charge in [-0.2, -0.15) is 0 Å². The molecule has 6 heteroatoms. The summed E-state index contributed by atoms with van der Waals surface area (Å²) in [6, 6.07) is 6.81. The predicted molar refractivity (Wildman–Crippen MR) is 87.9 cm³/mol. The third kappa shape index (κ3) is 4.44. The van der Waals surface area contributed by atoms with Crippen molar-refractivity contribution in [3.05, 3.63) is 24.3 Å². The fourth-order valence-electron chi connectivity index (χ4n) is 2.75. The minimum absolute atomic E-state index is 0.134. The molecule has 2 rings (SSSR count). The molecule has 1 unspecified atom stereocenters. The predicted octanol–water partition coefficient (Wildman–Crippen LogP) is 1.53. The van der Waals surface area contributed by atoms with Gasteiger partial charge in [0.15, 0.2) is 9.84 Å². The molecule has 1 aliphatic rings. The first kappa shape index (κ1) is 17.2. The molecule has 0 amide bonds. The fourth-order valence-corrected chi connectivity index (χ4v) is 3.38. The van der Waals surface area contributed by atoms with Gasteiger partial charge in [0, 0.05) is 25.4 Å². The van der Waals surface area contributed by atoms with E-state index in [9.17, 15) is 8.42 Å². The normalized spacial score (nSPS) is 22.5. The van der Waals surface area contributed by atoms with Crippen molar-refractivity contribution in [2.45, 2.75) is 31.2 Å². The van der Waals surface area contributed by atoms with Crippen molar-refractivity contribution in [3.8, 4) is 5.75 Å². The third-order valence-electron chi connectivity index (χ3n) is 4.32. The van der Waals surface area contributed by atoms with Crippen LogP contribution in [0.4, 0.5) is 0 Å². The van der Waals surface area contributed by atoms with Crippen molar-refractivity contribution in [1.82, 2.24) is 4.90 Å². The van der Waals surface area contributed by atoms with Crippen molar-refractivity contribution >= 4 is 9.84 Å². The summed E-state index contributed by atoms with van der Waals surface area (Å²) in [4.78, 5) is 2.68. The highest BCUT2D eigenvalue weighted by atomic mass is 32.2. The lowest BCUT2D eigenvalue weighted by molar-refractivity contribution is 0.0831. The second kappa shape index (κ2) is 6.56. The van der Waals surface area contributed by atoms with Crippen LogP contribution in [0.2, 0.25) is 0 Å². The highest BCUT2D eigenvalue weighted by Crippen LogP contribution is 2.27. The highest BCUT2D eigenvalue weighted by molar-refractivity contribution is 7.90. The molecular weight excluding hydrogens is 300 g/mol. The van der Waals surface area contributed by atoms with Crippen LogP contribution in [-0.4, -0.2) is 51.9 Å². The highest BCUT2D eigenvalue weighted by Gasteiger charge is 2.33. The Morgan fingerprint density at radius 3 is 2.50 bits per heavy atom. The molecule has 1 aliphatic heterocycles. The van der Waals surface area contributed by atoms with E-state index in [1.54, 1.807) is 24.3 Å². The smallest absolute Gasteiger partial charge is 0.175 e. The van der Waals surface area contributed by atoms with E-state index in [2.05, 4.69) is 18.7 Å². The number of hydrogen-bond acceptors (Lipinski definition) is 5. The monoisotopic (exact) mass is 326 g/mol. The van der Waals surface area contributed by atoms with Crippen LogP contribution < -0.4 is 10.5 Å². The van der Waals surface area contributed by atoms with Gasteiger partial charge < -0.3 is 10.5 Å². The molecule has 0 radical (unpaired) electrons. The Labute approximate surface area is 133 Å². The van der Waals surface area contributed by atoms with Crippen LogP contribution in [0.1, 0.15) is 20.3 Å². The average Bonchev–Trinajstić information content (AvgIpc) is 2.42. The van der Waals surface area contributed by atoms with Crippen molar-refractivity contribution in [3.63, 3.8) is 0 Å². The first-order valence-corrected chi connectivity index (χ1v) is 9.48. The first-order valence-electron chi connectivity index (χ1n) is 7.59. The second-order valence-corrected chi connectivity index (χ2v) is 8.77. The van der Waals surface area contributed by atoms with Gasteiger partial charge in [-0.25, -0.2) is 8.42 Å². The lowest BCUT2D eigenvalue weighted by Gasteiger charge is -2.42. The minimum Gasteiger partial charge on any atom is -0.492 e. The molecule has 0 aliphatic carbocycles. The number of rotatable bonds is 5. The van der Waals surface area contributed by atoms with Crippen LogP contribution >= 0.6 is 0 Å². The molecule has 0 bridgehead atoms. The summed E-state index contributed by atoms with van der Waals surface area (Å²) < 4.78 is 28.5. The van der Waals surface area contributed by atoms with Gasteiger partial charge >= 0.3 is 0 Å². The first-order chi connectivity index (χ1) is 10.2. The van der Waals surface area contributed by atoms with Gasteiger partial charge in [0.2, 0.25) is 0 Å². The van der Waals surface area contributed by atoms with E-state index >= 15 is 0 Å². The molecule has 22 heavy (non-hydrogen) atoms. The molecule has 5 nitrogen and oxygen atoms in total. The van der Waals surface area contributed by atoms with E-state index in [1.807, 2.05) is 0 Å². The molecule has 0 aromatic heterocycles. The lowest BCUT2D eigenvalue weighted by Crippen LogP contribution is -2.53. The van der Waals surface area contributed by atoms with Crippen molar-refractivity contribution in [2.75, 3.05) is 32.5 Å². The van der Waals surface area contributed by atoms with Crippen molar-refractivity contribution in [2.24, 2.45) is 11.1 Å².